The lowest BCUT2D eigenvalue weighted by atomic mass is 10.1. The molecule has 136 valence electrons. The van der Waals surface area contributed by atoms with Crippen LogP contribution in [0.3, 0.4) is 0 Å². The molecule has 0 aliphatic carbocycles. The van der Waals surface area contributed by atoms with E-state index in [1.807, 2.05) is 55.6 Å². The molecule has 27 heavy (non-hydrogen) atoms. The highest BCUT2D eigenvalue weighted by Gasteiger charge is 2.11. The predicted octanol–water partition coefficient (Wildman–Crippen LogP) is 3.56. The molecule has 0 spiro atoms. The van der Waals surface area contributed by atoms with Crippen molar-refractivity contribution in [2.75, 3.05) is 0 Å². The van der Waals surface area contributed by atoms with Gasteiger partial charge in [0.25, 0.3) is 0 Å². The number of amides is 1. The Kier molecular flexibility index (Phi) is 4.70. The van der Waals surface area contributed by atoms with Crippen LogP contribution < -0.4 is 5.32 Å². The van der Waals surface area contributed by atoms with Gasteiger partial charge in [-0.3, -0.25) is 4.79 Å². The van der Waals surface area contributed by atoms with Crippen LogP contribution in [-0.2, 0) is 11.2 Å². The number of rotatable bonds is 6. The monoisotopic (exact) mass is 359 g/mol. The Morgan fingerprint density at radius 3 is 2.78 bits per heavy atom. The maximum absolute atomic E-state index is 12.4. The Hall–Kier alpha value is -3.41. The normalized spacial score (nSPS) is 12.2. The summed E-state index contributed by atoms with van der Waals surface area (Å²) in [7, 11) is 0. The van der Waals surface area contributed by atoms with Crippen molar-refractivity contribution in [3.63, 3.8) is 0 Å². The minimum absolute atomic E-state index is 0.0492. The zero-order valence-corrected chi connectivity index (χ0v) is 15.1. The first-order valence-corrected chi connectivity index (χ1v) is 9.00. The number of carbonyl (C=O) groups is 1. The first kappa shape index (κ1) is 17.0. The van der Waals surface area contributed by atoms with Crippen molar-refractivity contribution in [2.24, 2.45) is 0 Å². The number of aromatic amines is 1. The van der Waals surface area contributed by atoms with Crippen LogP contribution in [0.15, 0.2) is 67.4 Å². The van der Waals surface area contributed by atoms with E-state index in [1.165, 1.54) is 17.3 Å². The fourth-order valence-electron chi connectivity index (χ4n) is 3.24. The van der Waals surface area contributed by atoms with Gasteiger partial charge in [0, 0.05) is 23.5 Å². The molecule has 2 aromatic carbocycles. The number of nitrogens with zero attached hydrogens (tertiary/aromatic N) is 3. The van der Waals surface area contributed by atoms with Crippen LogP contribution in [0.25, 0.3) is 16.6 Å². The Bertz CT molecular complexity index is 1030. The number of aryl methyl sites for hydroxylation is 1. The second-order valence-electron chi connectivity index (χ2n) is 6.58. The highest BCUT2D eigenvalue weighted by Crippen LogP contribution is 2.19. The van der Waals surface area contributed by atoms with Gasteiger partial charge in [0.05, 0.1) is 11.7 Å². The molecule has 0 aliphatic rings. The Balaban J connectivity index is 1.35. The summed E-state index contributed by atoms with van der Waals surface area (Å²) in [5.41, 5.74) is 4.27. The van der Waals surface area contributed by atoms with E-state index in [0.29, 0.717) is 12.8 Å². The van der Waals surface area contributed by atoms with Crippen molar-refractivity contribution >= 4 is 16.8 Å². The average molecular weight is 359 g/mol. The summed E-state index contributed by atoms with van der Waals surface area (Å²) in [6.07, 6.45) is 6.33. The maximum Gasteiger partial charge on any atom is 0.220 e. The summed E-state index contributed by atoms with van der Waals surface area (Å²) in [5, 5.41) is 8.37. The molecule has 6 heteroatoms. The predicted molar refractivity (Wildman–Crippen MR) is 105 cm³/mol. The molecule has 0 radical (unpaired) electrons. The van der Waals surface area contributed by atoms with E-state index in [4.69, 9.17) is 0 Å². The molecule has 1 atom stereocenters. The zero-order chi connectivity index (χ0) is 18.6. The summed E-state index contributed by atoms with van der Waals surface area (Å²) in [5.74, 6) is 0.0492. The number of hydrogen-bond donors (Lipinski definition) is 2. The third kappa shape index (κ3) is 3.74. The SMILES string of the molecule is CC(NC(=O)CCc1c[nH]c2ccccc12)c1ccc(-n2cncn2)cc1. The summed E-state index contributed by atoms with van der Waals surface area (Å²) in [4.78, 5) is 19.6. The van der Waals surface area contributed by atoms with Crippen molar-refractivity contribution in [1.29, 1.82) is 0 Å². The average Bonchev–Trinajstić information content (AvgIpc) is 3.37. The number of benzene rings is 2. The van der Waals surface area contributed by atoms with Gasteiger partial charge in [0.2, 0.25) is 5.91 Å². The quantitative estimate of drug-likeness (QED) is 0.553. The molecular formula is C21H21N5O. The molecule has 2 aromatic heterocycles. The smallest absolute Gasteiger partial charge is 0.220 e. The van der Waals surface area contributed by atoms with Gasteiger partial charge in [-0.15, -0.1) is 0 Å². The van der Waals surface area contributed by atoms with Crippen molar-refractivity contribution in [1.82, 2.24) is 25.1 Å². The van der Waals surface area contributed by atoms with E-state index in [1.54, 1.807) is 11.0 Å². The van der Waals surface area contributed by atoms with Gasteiger partial charge in [-0.1, -0.05) is 30.3 Å². The number of carbonyl (C=O) groups excluding carboxylic acids is 1. The summed E-state index contributed by atoms with van der Waals surface area (Å²) < 4.78 is 1.70. The van der Waals surface area contributed by atoms with Crippen LogP contribution in [0, 0.1) is 0 Å². The number of H-pyrrole nitrogens is 1. The van der Waals surface area contributed by atoms with Gasteiger partial charge in [-0.2, -0.15) is 5.10 Å². The minimum atomic E-state index is -0.0507. The fourth-order valence-corrected chi connectivity index (χ4v) is 3.24. The van der Waals surface area contributed by atoms with Gasteiger partial charge in [-0.25, -0.2) is 9.67 Å². The second-order valence-corrected chi connectivity index (χ2v) is 6.58. The summed E-state index contributed by atoms with van der Waals surface area (Å²) in [6.45, 7) is 1.99. The number of fused-ring (bicyclic) bond motifs is 1. The van der Waals surface area contributed by atoms with E-state index in [9.17, 15) is 4.79 Å². The van der Waals surface area contributed by atoms with E-state index in [2.05, 4.69) is 26.4 Å². The molecule has 1 unspecified atom stereocenters. The van der Waals surface area contributed by atoms with Gasteiger partial charge in [0.1, 0.15) is 12.7 Å². The van der Waals surface area contributed by atoms with Crippen LogP contribution in [0.2, 0.25) is 0 Å². The molecule has 4 aromatic rings. The molecule has 0 aliphatic heterocycles. The van der Waals surface area contributed by atoms with Crippen LogP contribution in [-0.4, -0.2) is 25.7 Å². The van der Waals surface area contributed by atoms with E-state index >= 15 is 0 Å². The molecule has 0 fully saturated rings. The number of aromatic nitrogens is 4. The van der Waals surface area contributed by atoms with E-state index in [0.717, 1.165) is 16.8 Å². The number of hydrogen-bond acceptors (Lipinski definition) is 3. The molecule has 0 saturated carbocycles. The van der Waals surface area contributed by atoms with Crippen molar-refractivity contribution in [3.8, 4) is 5.69 Å². The molecule has 0 bridgehead atoms. The van der Waals surface area contributed by atoms with Gasteiger partial charge >= 0.3 is 0 Å². The minimum Gasteiger partial charge on any atom is -0.361 e. The standard InChI is InChI=1S/C21H21N5O/c1-15(16-6-9-18(10-7-16)26-14-22-13-24-26)25-21(27)11-8-17-12-23-20-5-3-2-4-19(17)20/h2-7,9-10,12-15,23H,8,11H2,1H3,(H,25,27). The molecule has 4 rings (SSSR count). The lowest BCUT2D eigenvalue weighted by Gasteiger charge is -2.15. The van der Waals surface area contributed by atoms with Crippen LogP contribution in [0.5, 0.6) is 0 Å². The maximum atomic E-state index is 12.4. The first-order valence-electron chi connectivity index (χ1n) is 9.00. The van der Waals surface area contributed by atoms with Crippen LogP contribution in [0.1, 0.15) is 30.5 Å². The Labute approximate surface area is 157 Å². The Morgan fingerprint density at radius 1 is 1.19 bits per heavy atom. The number of para-hydroxylation sites is 1. The highest BCUT2D eigenvalue weighted by atomic mass is 16.1. The molecule has 6 nitrogen and oxygen atoms in total. The lowest BCUT2D eigenvalue weighted by molar-refractivity contribution is -0.121. The van der Waals surface area contributed by atoms with Gasteiger partial charge in [-0.05, 0) is 42.7 Å². The Morgan fingerprint density at radius 2 is 2.00 bits per heavy atom. The third-order valence-electron chi connectivity index (χ3n) is 4.75. The lowest BCUT2D eigenvalue weighted by Crippen LogP contribution is -2.26. The largest absolute Gasteiger partial charge is 0.361 e. The third-order valence-corrected chi connectivity index (χ3v) is 4.75. The topological polar surface area (TPSA) is 75.6 Å². The van der Waals surface area contributed by atoms with Crippen molar-refractivity contribution < 1.29 is 4.79 Å². The molecular weight excluding hydrogens is 338 g/mol. The zero-order valence-electron chi connectivity index (χ0n) is 15.1. The van der Waals surface area contributed by atoms with Crippen LogP contribution >= 0.6 is 0 Å². The number of nitrogens with one attached hydrogen (secondary N) is 2. The molecule has 0 saturated heterocycles. The second kappa shape index (κ2) is 7.45. The van der Waals surface area contributed by atoms with Gasteiger partial charge in [0.15, 0.2) is 0 Å². The van der Waals surface area contributed by atoms with E-state index in [-0.39, 0.29) is 11.9 Å². The summed E-state index contributed by atoms with van der Waals surface area (Å²) in [6, 6.07) is 16.0. The fraction of sp³-hybridized carbons (Fsp3) is 0.190. The van der Waals surface area contributed by atoms with Crippen LogP contribution in [0.4, 0.5) is 0 Å². The molecule has 2 heterocycles. The highest BCUT2D eigenvalue weighted by molar-refractivity contribution is 5.84. The summed E-state index contributed by atoms with van der Waals surface area (Å²) >= 11 is 0. The first-order chi connectivity index (χ1) is 13.2. The van der Waals surface area contributed by atoms with Crippen molar-refractivity contribution in [3.05, 3.63) is 78.5 Å². The van der Waals surface area contributed by atoms with Gasteiger partial charge < -0.3 is 10.3 Å². The molecule has 1 amide bonds. The van der Waals surface area contributed by atoms with Crippen molar-refractivity contribution in [2.45, 2.75) is 25.8 Å². The van der Waals surface area contributed by atoms with E-state index < -0.39 is 0 Å². The molecule has 2 N–H and O–H groups in total.